The third-order valence-electron chi connectivity index (χ3n) is 2.16. The van der Waals surface area contributed by atoms with E-state index in [0.29, 0.717) is 11.5 Å². The van der Waals surface area contributed by atoms with Crippen LogP contribution in [0, 0.1) is 6.92 Å². The zero-order valence-electron chi connectivity index (χ0n) is 7.93. The summed E-state index contributed by atoms with van der Waals surface area (Å²) in [5.41, 5.74) is 0.961. The number of rotatable bonds is 3. The van der Waals surface area contributed by atoms with Crippen molar-refractivity contribution in [2.75, 3.05) is 12.4 Å². The van der Waals surface area contributed by atoms with Crippen LogP contribution in [0.1, 0.15) is 5.56 Å². The van der Waals surface area contributed by atoms with Crippen LogP contribution in [0.25, 0.3) is 0 Å². The molecule has 4 heteroatoms. The van der Waals surface area contributed by atoms with Crippen molar-refractivity contribution in [1.29, 1.82) is 0 Å². The molecule has 0 amide bonds. The summed E-state index contributed by atoms with van der Waals surface area (Å²) in [6.45, 7) is 2.46. The molecule has 1 heterocycles. The minimum absolute atomic E-state index is 0.0829. The summed E-state index contributed by atoms with van der Waals surface area (Å²) in [6.07, 6.45) is -0.0829. The lowest BCUT2D eigenvalue weighted by molar-refractivity contribution is 0.422. The van der Waals surface area contributed by atoms with Crippen molar-refractivity contribution >= 4 is 9.84 Å². The summed E-state index contributed by atoms with van der Waals surface area (Å²) < 4.78 is 28.4. The smallest absolute Gasteiger partial charge is 0.181 e. The molecule has 1 fully saturated rings. The van der Waals surface area contributed by atoms with E-state index in [0.717, 1.165) is 5.56 Å². The lowest BCUT2D eigenvalue weighted by Crippen LogP contribution is -2.11. The number of aryl methyl sites for hydroxylation is 1. The summed E-state index contributed by atoms with van der Waals surface area (Å²) in [7, 11) is -3.14. The Labute approximate surface area is 83.6 Å². The Bertz CT molecular complexity index is 432. The van der Waals surface area contributed by atoms with Gasteiger partial charge in [-0.05, 0) is 24.6 Å². The van der Waals surface area contributed by atoms with Gasteiger partial charge in [-0.15, -0.1) is 0 Å². The molecule has 0 aromatic heterocycles. The molecule has 0 N–H and O–H groups in total. The molecule has 14 heavy (non-hydrogen) atoms. The third-order valence-corrected chi connectivity index (χ3v) is 3.94. The van der Waals surface area contributed by atoms with Crippen molar-refractivity contribution in [3.8, 4) is 0 Å². The van der Waals surface area contributed by atoms with E-state index in [-0.39, 0.29) is 11.9 Å². The van der Waals surface area contributed by atoms with Crippen LogP contribution in [0.5, 0.6) is 0 Å². The molecular weight excluding hydrogens is 200 g/mol. The number of benzene rings is 1. The second kappa shape index (κ2) is 3.37. The first-order valence-electron chi connectivity index (χ1n) is 4.49. The zero-order valence-corrected chi connectivity index (χ0v) is 8.75. The zero-order chi connectivity index (χ0) is 10.2. The molecule has 1 aliphatic rings. The van der Waals surface area contributed by atoms with E-state index in [4.69, 9.17) is 4.74 Å². The van der Waals surface area contributed by atoms with Gasteiger partial charge in [-0.25, -0.2) is 8.42 Å². The van der Waals surface area contributed by atoms with Crippen LogP contribution in [0.15, 0.2) is 29.2 Å². The number of ether oxygens (including phenoxy) is 1. The highest BCUT2D eigenvalue weighted by atomic mass is 32.2. The van der Waals surface area contributed by atoms with Crippen molar-refractivity contribution in [3.05, 3.63) is 29.8 Å². The Morgan fingerprint density at radius 1 is 1.50 bits per heavy atom. The Morgan fingerprint density at radius 2 is 2.21 bits per heavy atom. The van der Waals surface area contributed by atoms with Gasteiger partial charge in [0.2, 0.25) is 0 Å². The van der Waals surface area contributed by atoms with E-state index in [1.54, 1.807) is 18.2 Å². The van der Waals surface area contributed by atoms with Gasteiger partial charge in [0.05, 0.1) is 23.4 Å². The minimum Gasteiger partial charge on any atom is -0.372 e. The first-order valence-corrected chi connectivity index (χ1v) is 6.14. The Morgan fingerprint density at radius 3 is 2.79 bits per heavy atom. The molecule has 0 spiro atoms. The van der Waals surface area contributed by atoms with Gasteiger partial charge < -0.3 is 4.74 Å². The van der Waals surface area contributed by atoms with Crippen molar-refractivity contribution in [2.24, 2.45) is 0 Å². The van der Waals surface area contributed by atoms with Crippen LogP contribution in [-0.4, -0.2) is 26.9 Å². The van der Waals surface area contributed by atoms with Crippen molar-refractivity contribution < 1.29 is 13.2 Å². The van der Waals surface area contributed by atoms with Gasteiger partial charge in [0.1, 0.15) is 0 Å². The number of epoxide rings is 1. The molecule has 3 nitrogen and oxygen atoms in total. The van der Waals surface area contributed by atoms with E-state index in [1.165, 1.54) is 0 Å². The SMILES string of the molecule is Cc1cccc(S(=O)(=O)C[C@H]2CO2)c1. The molecule has 0 unspecified atom stereocenters. The van der Waals surface area contributed by atoms with Crippen molar-refractivity contribution in [2.45, 2.75) is 17.9 Å². The van der Waals surface area contributed by atoms with Gasteiger partial charge in [-0.2, -0.15) is 0 Å². The summed E-state index contributed by atoms with van der Waals surface area (Å²) in [5, 5.41) is 0. The predicted molar refractivity (Wildman–Crippen MR) is 53.0 cm³/mol. The average molecular weight is 212 g/mol. The van der Waals surface area contributed by atoms with E-state index in [1.807, 2.05) is 13.0 Å². The average Bonchev–Trinajstić information content (AvgIpc) is 2.87. The predicted octanol–water partition coefficient (Wildman–Crippen LogP) is 1.17. The van der Waals surface area contributed by atoms with E-state index in [9.17, 15) is 8.42 Å². The monoisotopic (exact) mass is 212 g/mol. The highest BCUT2D eigenvalue weighted by molar-refractivity contribution is 7.91. The Balaban J connectivity index is 2.28. The van der Waals surface area contributed by atoms with Crippen LogP contribution in [-0.2, 0) is 14.6 Å². The molecule has 0 aliphatic carbocycles. The third kappa shape index (κ3) is 2.13. The largest absolute Gasteiger partial charge is 0.372 e. The van der Waals surface area contributed by atoms with Gasteiger partial charge in [0.15, 0.2) is 9.84 Å². The molecule has 2 rings (SSSR count). The number of hydrogen-bond acceptors (Lipinski definition) is 3. The minimum atomic E-state index is -3.14. The highest BCUT2D eigenvalue weighted by Gasteiger charge is 2.30. The normalized spacial score (nSPS) is 20.8. The van der Waals surface area contributed by atoms with Crippen LogP contribution >= 0.6 is 0 Å². The second-order valence-electron chi connectivity index (χ2n) is 3.55. The fraction of sp³-hybridized carbons (Fsp3) is 0.400. The summed E-state index contributed by atoms with van der Waals surface area (Å²) in [5.74, 6) is 0.108. The molecule has 0 radical (unpaired) electrons. The summed E-state index contributed by atoms with van der Waals surface area (Å²) >= 11 is 0. The van der Waals surface area contributed by atoms with Gasteiger partial charge in [0, 0.05) is 0 Å². The standard InChI is InChI=1S/C10H12O3S/c1-8-3-2-4-10(5-8)14(11,12)7-9-6-13-9/h2-5,9H,6-7H2,1H3/t9-/m1/s1. The highest BCUT2D eigenvalue weighted by Crippen LogP contribution is 2.19. The molecule has 1 atom stereocenters. The molecule has 0 bridgehead atoms. The van der Waals surface area contributed by atoms with Crippen molar-refractivity contribution in [3.63, 3.8) is 0 Å². The second-order valence-corrected chi connectivity index (χ2v) is 5.59. The topological polar surface area (TPSA) is 46.7 Å². The maximum Gasteiger partial charge on any atom is 0.181 e. The van der Waals surface area contributed by atoms with Crippen LogP contribution < -0.4 is 0 Å². The van der Waals surface area contributed by atoms with Crippen LogP contribution in [0.4, 0.5) is 0 Å². The van der Waals surface area contributed by atoms with Gasteiger partial charge >= 0.3 is 0 Å². The van der Waals surface area contributed by atoms with Crippen LogP contribution in [0.3, 0.4) is 0 Å². The molecule has 1 aromatic carbocycles. The lowest BCUT2D eigenvalue weighted by atomic mass is 10.2. The molecule has 76 valence electrons. The van der Waals surface area contributed by atoms with E-state index >= 15 is 0 Å². The molecular formula is C10H12O3S. The van der Waals surface area contributed by atoms with Gasteiger partial charge in [-0.1, -0.05) is 12.1 Å². The summed E-state index contributed by atoms with van der Waals surface area (Å²) in [6, 6.07) is 6.96. The Kier molecular flexibility index (Phi) is 2.33. The van der Waals surface area contributed by atoms with E-state index < -0.39 is 9.84 Å². The van der Waals surface area contributed by atoms with Crippen molar-refractivity contribution in [1.82, 2.24) is 0 Å². The summed E-state index contributed by atoms with van der Waals surface area (Å²) in [4.78, 5) is 0.396. The molecule has 1 aromatic rings. The first kappa shape index (κ1) is 9.68. The van der Waals surface area contributed by atoms with Gasteiger partial charge in [-0.3, -0.25) is 0 Å². The quantitative estimate of drug-likeness (QED) is 0.706. The number of hydrogen-bond donors (Lipinski definition) is 0. The molecule has 1 saturated heterocycles. The lowest BCUT2D eigenvalue weighted by Gasteiger charge is -2.02. The van der Waals surface area contributed by atoms with Crippen LogP contribution in [0.2, 0.25) is 0 Å². The molecule has 1 aliphatic heterocycles. The maximum absolute atomic E-state index is 11.8. The first-order chi connectivity index (χ1) is 6.58. The van der Waals surface area contributed by atoms with Gasteiger partial charge in [0.25, 0.3) is 0 Å². The maximum atomic E-state index is 11.8. The molecule has 0 saturated carbocycles. The van der Waals surface area contributed by atoms with E-state index in [2.05, 4.69) is 0 Å². The fourth-order valence-corrected chi connectivity index (χ4v) is 2.84. The number of sulfone groups is 1. The fourth-order valence-electron chi connectivity index (χ4n) is 1.31. The Hall–Kier alpha value is -0.870.